The van der Waals surface area contributed by atoms with Gasteiger partial charge in [0, 0.05) is 7.05 Å². The first-order valence-electron chi connectivity index (χ1n) is 5.89. The lowest BCUT2D eigenvalue weighted by Gasteiger charge is -2.03. The summed E-state index contributed by atoms with van der Waals surface area (Å²) in [4.78, 5) is 20.6. The molecule has 0 aliphatic rings. The van der Waals surface area contributed by atoms with E-state index in [4.69, 9.17) is 16.3 Å². The highest BCUT2D eigenvalue weighted by atomic mass is 35.5. The van der Waals surface area contributed by atoms with Crippen LogP contribution in [0.1, 0.15) is 33.8 Å². The van der Waals surface area contributed by atoms with Gasteiger partial charge in [0.05, 0.1) is 17.4 Å². The van der Waals surface area contributed by atoms with Crippen LogP contribution >= 0.6 is 22.9 Å². The van der Waals surface area contributed by atoms with E-state index in [1.807, 2.05) is 0 Å². The van der Waals surface area contributed by atoms with Gasteiger partial charge >= 0.3 is 5.97 Å². The SMILES string of the molecule is CCCc1ncc(C(=O)OCc2ncc(Cl)n2C)s1. The number of halogens is 1. The molecule has 0 aliphatic heterocycles. The number of aryl methyl sites for hydroxylation is 1. The van der Waals surface area contributed by atoms with Crippen molar-refractivity contribution in [1.29, 1.82) is 0 Å². The Hall–Kier alpha value is -1.40. The molecule has 0 radical (unpaired) electrons. The number of carbonyl (C=O) groups excluding carboxylic acids is 1. The summed E-state index contributed by atoms with van der Waals surface area (Å²) in [5, 5.41) is 1.46. The summed E-state index contributed by atoms with van der Waals surface area (Å²) < 4.78 is 6.86. The third-order valence-corrected chi connectivity index (χ3v) is 3.97. The Morgan fingerprint density at radius 3 is 2.89 bits per heavy atom. The van der Waals surface area contributed by atoms with Crippen LogP contribution < -0.4 is 0 Å². The standard InChI is InChI=1S/C12H14ClN3O2S/c1-3-4-11-15-5-8(19-11)12(17)18-7-10-14-6-9(13)16(10)2/h5-6H,3-4,7H2,1-2H3. The molecule has 0 N–H and O–H groups in total. The lowest BCUT2D eigenvalue weighted by Crippen LogP contribution is -2.07. The van der Waals surface area contributed by atoms with Gasteiger partial charge in [0.25, 0.3) is 0 Å². The van der Waals surface area contributed by atoms with Gasteiger partial charge in [-0.1, -0.05) is 18.5 Å². The van der Waals surface area contributed by atoms with E-state index in [1.165, 1.54) is 17.5 Å². The van der Waals surface area contributed by atoms with Gasteiger partial charge < -0.3 is 9.30 Å². The van der Waals surface area contributed by atoms with Gasteiger partial charge in [-0.25, -0.2) is 14.8 Å². The van der Waals surface area contributed by atoms with Crippen LogP contribution in [0.4, 0.5) is 0 Å². The lowest BCUT2D eigenvalue weighted by atomic mass is 10.4. The first-order valence-corrected chi connectivity index (χ1v) is 7.09. The zero-order valence-corrected chi connectivity index (χ0v) is 12.3. The number of aromatic nitrogens is 3. The Morgan fingerprint density at radius 2 is 2.26 bits per heavy atom. The lowest BCUT2D eigenvalue weighted by molar-refractivity contribution is 0.0465. The van der Waals surface area contributed by atoms with E-state index in [0.29, 0.717) is 15.9 Å². The van der Waals surface area contributed by atoms with Crippen molar-refractivity contribution in [1.82, 2.24) is 14.5 Å². The number of hydrogen-bond donors (Lipinski definition) is 0. The molecular weight excluding hydrogens is 286 g/mol. The Bertz CT molecular complexity index is 579. The highest BCUT2D eigenvalue weighted by molar-refractivity contribution is 7.13. The van der Waals surface area contributed by atoms with Crippen molar-refractivity contribution in [3.8, 4) is 0 Å². The summed E-state index contributed by atoms with van der Waals surface area (Å²) in [6.45, 7) is 2.17. The van der Waals surface area contributed by atoms with Crippen molar-refractivity contribution in [3.63, 3.8) is 0 Å². The summed E-state index contributed by atoms with van der Waals surface area (Å²) >= 11 is 7.22. The van der Waals surface area contributed by atoms with Crippen LogP contribution in [-0.2, 0) is 24.8 Å². The molecule has 0 saturated heterocycles. The van der Waals surface area contributed by atoms with E-state index in [9.17, 15) is 4.79 Å². The Morgan fingerprint density at radius 1 is 1.47 bits per heavy atom. The van der Waals surface area contributed by atoms with Gasteiger partial charge in [-0.15, -0.1) is 11.3 Å². The fourth-order valence-corrected chi connectivity index (χ4v) is 2.55. The minimum Gasteiger partial charge on any atom is -0.453 e. The fraction of sp³-hybridized carbons (Fsp3) is 0.417. The second-order valence-electron chi connectivity index (χ2n) is 4.00. The van der Waals surface area contributed by atoms with Crippen molar-refractivity contribution in [2.24, 2.45) is 7.05 Å². The van der Waals surface area contributed by atoms with Gasteiger partial charge in [0.1, 0.15) is 22.5 Å². The van der Waals surface area contributed by atoms with Crippen molar-refractivity contribution in [2.75, 3.05) is 0 Å². The van der Waals surface area contributed by atoms with Crippen LogP contribution in [0.2, 0.25) is 5.15 Å². The van der Waals surface area contributed by atoms with Gasteiger partial charge in [-0.05, 0) is 12.8 Å². The number of nitrogens with zero attached hydrogens (tertiary/aromatic N) is 3. The maximum Gasteiger partial charge on any atom is 0.350 e. The molecule has 2 rings (SSSR count). The zero-order chi connectivity index (χ0) is 13.8. The number of ether oxygens (including phenoxy) is 1. The molecule has 2 heterocycles. The largest absolute Gasteiger partial charge is 0.453 e. The molecule has 0 amide bonds. The predicted octanol–water partition coefficient (Wildman–Crippen LogP) is 2.84. The molecule has 0 aromatic carbocycles. The molecule has 0 atom stereocenters. The van der Waals surface area contributed by atoms with Gasteiger partial charge in [-0.2, -0.15) is 0 Å². The van der Waals surface area contributed by atoms with Gasteiger partial charge in [-0.3, -0.25) is 0 Å². The Labute approximate surface area is 120 Å². The second kappa shape index (κ2) is 6.16. The summed E-state index contributed by atoms with van der Waals surface area (Å²) in [6.07, 6.45) is 4.97. The number of thiazole rings is 1. The molecule has 0 aliphatic carbocycles. The Kier molecular flexibility index (Phi) is 4.55. The molecule has 0 saturated carbocycles. The van der Waals surface area contributed by atoms with E-state index in [0.717, 1.165) is 17.8 Å². The molecule has 5 nitrogen and oxygen atoms in total. The van der Waals surface area contributed by atoms with Crippen molar-refractivity contribution < 1.29 is 9.53 Å². The number of esters is 1. The molecule has 0 bridgehead atoms. The average Bonchev–Trinajstić information content (AvgIpc) is 2.97. The number of imidazole rings is 1. The van der Waals surface area contributed by atoms with Crippen LogP contribution in [0.5, 0.6) is 0 Å². The van der Waals surface area contributed by atoms with Crippen molar-refractivity contribution in [2.45, 2.75) is 26.4 Å². The molecule has 0 unspecified atom stereocenters. The van der Waals surface area contributed by atoms with Crippen LogP contribution in [0, 0.1) is 0 Å². The average molecular weight is 300 g/mol. The van der Waals surface area contributed by atoms with E-state index in [1.54, 1.807) is 17.8 Å². The third kappa shape index (κ3) is 3.33. The first-order chi connectivity index (χ1) is 9.11. The zero-order valence-electron chi connectivity index (χ0n) is 10.7. The molecular formula is C12H14ClN3O2S. The fourth-order valence-electron chi connectivity index (χ4n) is 1.49. The Balaban J connectivity index is 1.95. The first kappa shape index (κ1) is 14.0. The molecule has 0 spiro atoms. The van der Waals surface area contributed by atoms with E-state index in [2.05, 4.69) is 16.9 Å². The summed E-state index contributed by atoms with van der Waals surface area (Å²) in [5.41, 5.74) is 0. The van der Waals surface area contributed by atoms with Gasteiger partial charge in [0.2, 0.25) is 0 Å². The summed E-state index contributed by atoms with van der Waals surface area (Å²) in [5.74, 6) is 0.232. The maximum atomic E-state index is 11.8. The molecule has 19 heavy (non-hydrogen) atoms. The second-order valence-corrected chi connectivity index (χ2v) is 5.50. The highest BCUT2D eigenvalue weighted by Crippen LogP contribution is 2.16. The number of carbonyl (C=O) groups is 1. The molecule has 2 aromatic heterocycles. The number of rotatable bonds is 5. The summed E-state index contributed by atoms with van der Waals surface area (Å²) in [7, 11) is 1.77. The van der Waals surface area contributed by atoms with Crippen molar-refractivity contribution in [3.05, 3.63) is 33.3 Å². The molecule has 7 heteroatoms. The van der Waals surface area contributed by atoms with E-state index < -0.39 is 0 Å². The topological polar surface area (TPSA) is 57.0 Å². The monoisotopic (exact) mass is 299 g/mol. The molecule has 2 aromatic rings. The van der Waals surface area contributed by atoms with E-state index >= 15 is 0 Å². The summed E-state index contributed by atoms with van der Waals surface area (Å²) in [6, 6.07) is 0. The minimum atomic E-state index is -0.376. The predicted molar refractivity (Wildman–Crippen MR) is 73.4 cm³/mol. The quantitative estimate of drug-likeness (QED) is 0.797. The van der Waals surface area contributed by atoms with E-state index in [-0.39, 0.29) is 12.6 Å². The van der Waals surface area contributed by atoms with Crippen LogP contribution in [-0.4, -0.2) is 20.5 Å². The normalized spacial score (nSPS) is 10.7. The third-order valence-electron chi connectivity index (χ3n) is 2.58. The van der Waals surface area contributed by atoms with Crippen LogP contribution in [0.3, 0.4) is 0 Å². The molecule has 102 valence electrons. The maximum absolute atomic E-state index is 11.8. The van der Waals surface area contributed by atoms with Crippen LogP contribution in [0.25, 0.3) is 0 Å². The van der Waals surface area contributed by atoms with Crippen molar-refractivity contribution >= 4 is 28.9 Å². The highest BCUT2D eigenvalue weighted by Gasteiger charge is 2.13. The molecule has 0 fully saturated rings. The van der Waals surface area contributed by atoms with Crippen LogP contribution in [0.15, 0.2) is 12.4 Å². The van der Waals surface area contributed by atoms with Gasteiger partial charge in [0.15, 0.2) is 0 Å². The minimum absolute atomic E-state index is 0.100. The number of hydrogen-bond acceptors (Lipinski definition) is 5. The smallest absolute Gasteiger partial charge is 0.350 e.